The van der Waals surface area contributed by atoms with E-state index in [1.807, 2.05) is 6.07 Å². The fourth-order valence-electron chi connectivity index (χ4n) is 1.87. The summed E-state index contributed by atoms with van der Waals surface area (Å²) >= 11 is 3.45. The number of hydrogen-bond donors (Lipinski definition) is 0. The largest absolute Gasteiger partial charge is 0.375 e. The Morgan fingerprint density at radius 3 is 2.88 bits per heavy atom. The summed E-state index contributed by atoms with van der Waals surface area (Å²) < 4.78 is 6.39. The lowest BCUT2D eigenvalue weighted by atomic mass is 10.2. The molecule has 1 saturated heterocycles. The molecular formula is C12H18BrN3O. The molecule has 94 valence electrons. The van der Waals surface area contributed by atoms with Crippen LogP contribution in [0, 0.1) is 0 Å². The number of rotatable bonds is 2. The molecule has 0 amide bonds. The molecule has 0 radical (unpaired) electrons. The third kappa shape index (κ3) is 3.16. The lowest BCUT2D eigenvalue weighted by Gasteiger charge is -2.32. The maximum Gasteiger partial charge on any atom is 0.134 e. The van der Waals surface area contributed by atoms with Crippen LogP contribution in [0.2, 0.25) is 0 Å². The second kappa shape index (κ2) is 5.31. The van der Waals surface area contributed by atoms with Crippen LogP contribution in [-0.2, 0) is 4.74 Å². The molecule has 0 saturated carbocycles. The molecular weight excluding hydrogens is 282 g/mol. The molecule has 1 aromatic heterocycles. The van der Waals surface area contributed by atoms with Crippen molar-refractivity contribution < 1.29 is 4.74 Å². The van der Waals surface area contributed by atoms with Crippen molar-refractivity contribution in [2.75, 3.05) is 24.6 Å². The van der Waals surface area contributed by atoms with Gasteiger partial charge >= 0.3 is 0 Å². The zero-order valence-electron chi connectivity index (χ0n) is 10.5. The van der Waals surface area contributed by atoms with E-state index in [1.165, 1.54) is 0 Å². The minimum Gasteiger partial charge on any atom is -0.375 e. The second-order valence-corrected chi connectivity index (χ2v) is 5.50. The van der Waals surface area contributed by atoms with E-state index in [0.29, 0.717) is 5.92 Å². The Bertz CT molecular complexity index is 397. The molecule has 2 rings (SSSR count). The smallest absolute Gasteiger partial charge is 0.134 e. The third-order valence-electron chi connectivity index (χ3n) is 2.78. The molecule has 1 fully saturated rings. The Balaban J connectivity index is 2.25. The van der Waals surface area contributed by atoms with Crippen molar-refractivity contribution in [2.24, 2.45) is 0 Å². The highest BCUT2D eigenvalue weighted by Crippen LogP contribution is 2.21. The minimum atomic E-state index is 0.264. The van der Waals surface area contributed by atoms with E-state index in [2.05, 4.69) is 51.6 Å². The van der Waals surface area contributed by atoms with Crippen molar-refractivity contribution in [2.45, 2.75) is 32.8 Å². The Kier molecular flexibility index (Phi) is 3.99. The van der Waals surface area contributed by atoms with Gasteiger partial charge in [-0.05, 0) is 22.9 Å². The predicted octanol–water partition coefficient (Wildman–Crippen LogP) is 2.59. The molecule has 2 heterocycles. The molecule has 1 unspecified atom stereocenters. The van der Waals surface area contributed by atoms with Crippen LogP contribution < -0.4 is 4.90 Å². The molecule has 1 atom stereocenters. The monoisotopic (exact) mass is 299 g/mol. The molecule has 17 heavy (non-hydrogen) atoms. The van der Waals surface area contributed by atoms with Gasteiger partial charge in [0.25, 0.3) is 0 Å². The summed E-state index contributed by atoms with van der Waals surface area (Å²) in [5, 5.41) is 0. The zero-order chi connectivity index (χ0) is 12.4. The highest BCUT2D eigenvalue weighted by molar-refractivity contribution is 9.10. The fourth-order valence-corrected chi connectivity index (χ4v) is 2.26. The number of ether oxygens (including phenoxy) is 1. The van der Waals surface area contributed by atoms with E-state index in [1.54, 1.807) is 0 Å². The van der Waals surface area contributed by atoms with Crippen LogP contribution in [0.1, 0.15) is 32.5 Å². The summed E-state index contributed by atoms with van der Waals surface area (Å²) in [6, 6.07) is 1.98. The molecule has 5 heteroatoms. The van der Waals surface area contributed by atoms with Gasteiger partial charge in [0.2, 0.25) is 0 Å². The normalized spacial score (nSPS) is 21.0. The topological polar surface area (TPSA) is 38.2 Å². The van der Waals surface area contributed by atoms with Crippen LogP contribution in [-0.4, -0.2) is 35.8 Å². The Labute approximate surface area is 111 Å². The maximum atomic E-state index is 5.54. The van der Waals surface area contributed by atoms with Crippen molar-refractivity contribution >= 4 is 21.7 Å². The van der Waals surface area contributed by atoms with Gasteiger partial charge in [-0.15, -0.1) is 0 Å². The van der Waals surface area contributed by atoms with Gasteiger partial charge in [0, 0.05) is 25.1 Å². The van der Waals surface area contributed by atoms with Crippen molar-refractivity contribution in [1.82, 2.24) is 9.97 Å². The molecule has 0 aromatic carbocycles. The van der Waals surface area contributed by atoms with E-state index in [4.69, 9.17) is 4.74 Å². The molecule has 0 spiro atoms. The summed E-state index contributed by atoms with van der Waals surface area (Å²) in [4.78, 5) is 11.3. The van der Waals surface area contributed by atoms with Gasteiger partial charge in [-0.1, -0.05) is 13.8 Å². The van der Waals surface area contributed by atoms with Gasteiger partial charge in [0.1, 0.15) is 16.2 Å². The highest BCUT2D eigenvalue weighted by atomic mass is 79.9. The average molecular weight is 300 g/mol. The molecule has 1 aliphatic heterocycles. The van der Waals surface area contributed by atoms with Gasteiger partial charge in [0.05, 0.1) is 12.7 Å². The first-order valence-electron chi connectivity index (χ1n) is 5.97. The van der Waals surface area contributed by atoms with Crippen LogP contribution in [0.25, 0.3) is 0 Å². The number of anilines is 1. The van der Waals surface area contributed by atoms with Gasteiger partial charge in [-0.3, -0.25) is 0 Å². The van der Waals surface area contributed by atoms with E-state index in [-0.39, 0.29) is 6.10 Å². The Hall–Kier alpha value is -0.680. The van der Waals surface area contributed by atoms with E-state index >= 15 is 0 Å². The first-order valence-corrected chi connectivity index (χ1v) is 6.76. The molecule has 0 N–H and O–H groups in total. The van der Waals surface area contributed by atoms with Crippen LogP contribution >= 0.6 is 15.9 Å². The molecule has 0 bridgehead atoms. The standard InChI is InChI=1S/C12H18BrN3O/c1-8(2)12-14-10(13)6-11(15-12)16-4-5-17-9(3)7-16/h6,8-9H,4-5,7H2,1-3H3. The van der Waals surface area contributed by atoms with Crippen LogP contribution in [0.15, 0.2) is 10.7 Å². The third-order valence-corrected chi connectivity index (χ3v) is 3.19. The summed E-state index contributed by atoms with van der Waals surface area (Å²) in [7, 11) is 0. The van der Waals surface area contributed by atoms with Crippen LogP contribution in [0.3, 0.4) is 0 Å². The first kappa shape index (κ1) is 12.8. The zero-order valence-corrected chi connectivity index (χ0v) is 12.1. The van der Waals surface area contributed by atoms with Crippen molar-refractivity contribution in [3.8, 4) is 0 Å². The minimum absolute atomic E-state index is 0.264. The van der Waals surface area contributed by atoms with Crippen molar-refractivity contribution in [3.63, 3.8) is 0 Å². The van der Waals surface area contributed by atoms with E-state index < -0.39 is 0 Å². The van der Waals surface area contributed by atoms with Crippen molar-refractivity contribution in [3.05, 3.63) is 16.5 Å². The molecule has 0 aliphatic carbocycles. The van der Waals surface area contributed by atoms with Crippen LogP contribution in [0.4, 0.5) is 5.82 Å². The van der Waals surface area contributed by atoms with Crippen molar-refractivity contribution in [1.29, 1.82) is 0 Å². The summed E-state index contributed by atoms with van der Waals surface area (Å²) in [6.45, 7) is 8.85. The van der Waals surface area contributed by atoms with E-state index in [9.17, 15) is 0 Å². The highest BCUT2D eigenvalue weighted by Gasteiger charge is 2.19. The fraction of sp³-hybridized carbons (Fsp3) is 0.667. The Morgan fingerprint density at radius 1 is 1.47 bits per heavy atom. The maximum absolute atomic E-state index is 5.54. The number of aromatic nitrogens is 2. The van der Waals surface area contributed by atoms with Gasteiger partial charge in [-0.2, -0.15) is 0 Å². The molecule has 1 aliphatic rings. The summed E-state index contributed by atoms with van der Waals surface area (Å²) in [5.41, 5.74) is 0. The molecule has 1 aromatic rings. The lowest BCUT2D eigenvalue weighted by molar-refractivity contribution is 0.0529. The lowest BCUT2D eigenvalue weighted by Crippen LogP contribution is -2.41. The average Bonchev–Trinajstić information content (AvgIpc) is 2.28. The number of hydrogen-bond acceptors (Lipinski definition) is 4. The summed E-state index contributed by atoms with van der Waals surface area (Å²) in [5.74, 6) is 2.21. The van der Waals surface area contributed by atoms with Crippen LogP contribution in [0.5, 0.6) is 0 Å². The van der Waals surface area contributed by atoms with E-state index in [0.717, 1.165) is 35.9 Å². The summed E-state index contributed by atoms with van der Waals surface area (Å²) in [6.07, 6.45) is 0.264. The first-order chi connectivity index (χ1) is 8.06. The predicted molar refractivity (Wildman–Crippen MR) is 71.4 cm³/mol. The number of morpholine rings is 1. The van der Waals surface area contributed by atoms with Gasteiger partial charge < -0.3 is 9.64 Å². The van der Waals surface area contributed by atoms with Gasteiger partial charge in [0.15, 0.2) is 0 Å². The molecule has 4 nitrogen and oxygen atoms in total. The SMILES string of the molecule is CC1CN(c2cc(Br)nc(C(C)C)n2)CCO1. The Morgan fingerprint density at radius 2 is 2.24 bits per heavy atom. The second-order valence-electron chi connectivity index (χ2n) is 4.69. The quantitative estimate of drug-likeness (QED) is 0.787. The number of nitrogens with zero attached hydrogens (tertiary/aromatic N) is 3. The number of halogens is 1. The van der Waals surface area contributed by atoms with Gasteiger partial charge in [-0.25, -0.2) is 9.97 Å².